The Labute approximate surface area is 171 Å². The third-order valence-electron chi connectivity index (χ3n) is 5.41. The predicted molar refractivity (Wildman–Crippen MR) is 113 cm³/mol. The fourth-order valence-corrected chi connectivity index (χ4v) is 4.88. The van der Waals surface area contributed by atoms with E-state index in [1.807, 2.05) is 32.2 Å². The van der Waals surface area contributed by atoms with Crippen molar-refractivity contribution in [1.82, 2.24) is 4.57 Å². The number of rotatable bonds is 7. The second-order valence-electron chi connectivity index (χ2n) is 7.99. The molecule has 0 aliphatic carbocycles. The molecule has 1 aliphatic heterocycles. The van der Waals surface area contributed by atoms with Gasteiger partial charge in [-0.2, -0.15) is 0 Å². The fraction of sp³-hybridized carbons (Fsp3) is 0.565. The summed E-state index contributed by atoms with van der Waals surface area (Å²) in [5.41, 5.74) is 3.86. The molecule has 4 nitrogen and oxygen atoms in total. The summed E-state index contributed by atoms with van der Waals surface area (Å²) >= 11 is 1.51. The van der Waals surface area contributed by atoms with Gasteiger partial charge in [-0.25, -0.2) is 0 Å². The number of aromatic nitrogens is 1. The van der Waals surface area contributed by atoms with Gasteiger partial charge in [-0.1, -0.05) is 19.8 Å². The number of ether oxygens (including phenoxy) is 1. The van der Waals surface area contributed by atoms with Crippen molar-refractivity contribution in [3.8, 4) is 0 Å². The second kappa shape index (κ2) is 9.08. The molecule has 0 fully saturated rings. The van der Waals surface area contributed by atoms with Crippen molar-refractivity contribution < 1.29 is 14.3 Å². The number of thiophene rings is 1. The number of hydrogen-bond acceptors (Lipinski definition) is 4. The van der Waals surface area contributed by atoms with E-state index in [4.69, 9.17) is 4.74 Å². The summed E-state index contributed by atoms with van der Waals surface area (Å²) in [7, 11) is 0. The van der Waals surface area contributed by atoms with Crippen LogP contribution in [0.4, 0.5) is 0 Å². The first-order chi connectivity index (χ1) is 13.4. The van der Waals surface area contributed by atoms with E-state index in [1.54, 1.807) is 0 Å². The van der Waals surface area contributed by atoms with Crippen LogP contribution in [0.25, 0.3) is 0 Å². The largest absolute Gasteiger partial charge is 0.462 e. The summed E-state index contributed by atoms with van der Waals surface area (Å²) in [5.74, 6) is -0.344. The van der Waals surface area contributed by atoms with E-state index in [0.29, 0.717) is 0 Å². The van der Waals surface area contributed by atoms with E-state index in [0.717, 1.165) is 72.5 Å². The molecule has 0 bridgehead atoms. The van der Waals surface area contributed by atoms with Crippen molar-refractivity contribution in [2.24, 2.45) is 0 Å². The Morgan fingerprint density at radius 2 is 2.11 bits per heavy atom. The zero-order valence-corrected chi connectivity index (χ0v) is 18.2. The maximum atomic E-state index is 13.5. The Kier molecular flexibility index (Phi) is 6.76. The number of fused-ring (bicyclic) bond motifs is 1. The van der Waals surface area contributed by atoms with Crippen LogP contribution in [0.3, 0.4) is 0 Å². The number of hydrogen-bond donors (Lipinski definition) is 0. The highest BCUT2D eigenvalue weighted by Gasteiger charge is 2.32. The quantitative estimate of drug-likeness (QED) is 0.445. The van der Waals surface area contributed by atoms with Gasteiger partial charge in [-0.3, -0.25) is 9.59 Å². The molecule has 0 aromatic carbocycles. The molecule has 1 unspecified atom stereocenters. The molecule has 28 heavy (non-hydrogen) atoms. The lowest BCUT2D eigenvalue weighted by Crippen LogP contribution is -2.22. The van der Waals surface area contributed by atoms with Crippen LogP contribution in [-0.4, -0.2) is 22.4 Å². The molecule has 5 heteroatoms. The number of carbonyl (C=O) groups is 2. The molecule has 0 saturated heterocycles. The summed E-state index contributed by atoms with van der Waals surface area (Å²) in [5, 5.41) is 1.98. The summed E-state index contributed by atoms with van der Waals surface area (Å²) < 4.78 is 7.68. The van der Waals surface area contributed by atoms with Gasteiger partial charge in [-0.15, -0.1) is 11.3 Å². The van der Waals surface area contributed by atoms with Crippen molar-refractivity contribution in [3.05, 3.63) is 44.9 Å². The second-order valence-corrected chi connectivity index (χ2v) is 8.91. The molecular weight excluding hydrogens is 370 g/mol. The minimum absolute atomic E-state index is 0.0997. The molecule has 0 spiro atoms. The molecule has 2 aromatic heterocycles. The van der Waals surface area contributed by atoms with E-state index in [-0.39, 0.29) is 23.8 Å². The minimum Gasteiger partial charge on any atom is -0.462 e. The van der Waals surface area contributed by atoms with E-state index >= 15 is 0 Å². The van der Waals surface area contributed by atoms with Crippen molar-refractivity contribution >= 4 is 23.1 Å². The van der Waals surface area contributed by atoms with Gasteiger partial charge in [0.2, 0.25) is 5.78 Å². The minimum atomic E-state index is -0.281. The van der Waals surface area contributed by atoms with Crippen molar-refractivity contribution in [2.45, 2.75) is 84.8 Å². The summed E-state index contributed by atoms with van der Waals surface area (Å²) in [6, 6.07) is 4.11. The number of nitrogens with zero attached hydrogens (tertiary/aromatic N) is 1. The topological polar surface area (TPSA) is 48.3 Å². The lowest BCUT2D eigenvalue weighted by molar-refractivity contribution is -0.149. The van der Waals surface area contributed by atoms with E-state index in [2.05, 4.69) is 17.6 Å². The van der Waals surface area contributed by atoms with Gasteiger partial charge in [0.15, 0.2) is 0 Å². The highest BCUT2D eigenvalue weighted by molar-refractivity contribution is 7.12. The van der Waals surface area contributed by atoms with Crippen LogP contribution in [0, 0.1) is 6.92 Å². The third-order valence-corrected chi connectivity index (χ3v) is 6.42. The van der Waals surface area contributed by atoms with E-state index in [1.165, 1.54) is 11.3 Å². The fourth-order valence-electron chi connectivity index (χ4n) is 4.02. The number of esters is 1. The van der Waals surface area contributed by atoms with Gasteiger partial charge >= 0.3 is 5.97 Å². The molecule has 0 amide bonds. The van der Waals surface area contributed by atoms with Gasteiger partial charge in [0.25, 0.3) is 0 Å². The molecule has 0 radical (unpaired) electrons. The standard InChI is InChI=1S/C23H31NO3S/c1-5-6-9-17-14-19-18(23(26)27-15(2)3)10-7-8-12-24(19)20(17)21(25)22-16(4)11-13-28-22/h11,13-15,18H,5-10,12H2,1-4H3. The van der Waals surface area contributed by atoms with Crippen LogP contribution in [0.2, 0.25) is 0 Å². The van der Waals surface area contributed by atoms with Crippen molar-refractivity contribution in [1.29, 1.82) is 0 Å². The monoisotopic (exact) mass is 401 g/mol. The summed E-state index contributed by atoms with van der Waals surface area (Å²) in [6.07, 6.45) is 5.58. The average Bonchev–Trinajstić information content (AvgIpc) is 3.16. The molecule has 3 rings (SSSR count). The number of carbonyl (C=O) groups excluding carboxylic acids is 2. The highest BCUT2D eigenvalue weighted by Crippen LogP contribution is 2.34. The molecule has 1 aliphatic rings. The zero-order chi connectivity index (χ0) is 20.3. The maximum absolute atomic E-state index is 13.5. The third kappa shape index (κ3) is 4.24. The zero-order valence-electron chi connectivity index (χ0n) is 17.4. The molecule has 2 aromatic rings. The van der Waals surface area contributed by atoms with Gasteiger partial charge in [-0.05, 0) is 75.1 Å². The van der Waals surface area contributed by atoms with E-state index in [9.17, 15) is 9.59 Å². The van der Waals surface area contributed by atoms with Crippen LogP contribution in [-0.2, 0) is 22.5 Å². The lowest BCUT2D eigenvalue weighted by atomic mass is 9.98. The predicted octanol–water partition coefficient (Wildman–Crippen LogP) is 5.65. The van der Waals surface area contributed by atoms with Crippen LogP contribution in [0.1, 0.15) is 91.0 Å². The molecule has 0 saturated carbocycles. The maximum Gasteiger partial charge on any atom is 0.315 e. The number of unbranched alkanes of at least 4 members (excludes halogenated alkanes) is 1. The molecule has 3 heterocycles. The van der Waals surface area contributed by atoms with Crippen molar-refractivity contribution in [3.63, 3.8) is 0 Å². The Morgan fingerprint density at radius 3 is 2.75 bits per heavy atom. The van der Waals surface area contributed by atoms with Crippen LogP contribution in [0.5, 0.6) is 0 Å². The molecule has 1 atom stereocenters. The molecular formula is C23H31NO3S. The first kappa shape index (κ1) is 20.8. The molecule has 0 N–H and O–H groups in total. The number of ketones is 1. The highest BCUT2D eigenvalue weighted by atomic mass is 32.1. The first-order valence-electron chi connectivity index (χ1n) is 10.5. The Bertz CT molecular complexity index is 846. The molecule has 152 valence electrons. The normalized spacial score (nSPS) is 16.7. The van der Waals surface area contributed by atoms with E-state index < -0.39 is 0 Å². The number of aryl methyl sites for hydroxylation is 2. The van der Waals surface area contributed by atoms with Crippen molar-refractivity contribution in [2.75, 3.05) is 0 Å². The van der Waals surface area contributed by atoms with Gasteiger partial charge in [0.1, 0.15) is 0 Å². The van der Waals surface area contributed by atoms with Crippen LogP contribution < -0.4 is 0 Å². The first-order valence-corrected chi connectivity index (χ1v) is 11.3. The SMILES string of the molecule is CCCCc1cc2n(c1C(=O)c1sccc1C)CCCCC2C(=O)OC(C)C. The van der Waals surface area contributed by atoms with Gasteiger partial charge in [0.05, 0.1) is 22.6 Å². The summed E-state index contributed by atoms with van der Waals surface area (Å²) in [4.78, 5) is 27.1. The average molecular weight is 402 g/mol. The van der Waals surface area contributed by atoms with Crippen LogP contribution >= 0.6 is 11.3 Å². The Balaban J connectivity index is 2.08. The Hall–Kier alpha value is -1.88. The van der Waals surface area contributed by atoms with Gasteiger partial charge in [0, 0.05) is 12.2 Å². The smallest absolute Gasteiger partial charge is 0.315 e. The van der Waals surface area contributed by atoms with Gasteiger partial charge < -0.3 is 9.30 Å². The lowest BCUT2D eigenvalue weighted by Gasteiger charge is -2.18. The summed E-state index contributed by atoms with van der Waals surface area (Å²) in [6.45, 7) is 8.71. The van der Waals surface area contributed by atoms with Crippen LogP contribution in [0.15, 0.2) is 17.5 Å². The Morgan fingerprint density at radius 1 is 1.32 bits per heavy atom.